The number of hydrogen-bond donors (Lipinski definition) is 0. The molecule has 0 radical (unpaired) electrons. The van der Waals surface area contributed by atoms with Gasteiger partial charge in [-0.05, 0) is 47.5 Å². The molecule has 0 saturated heterocycles. The average Bonchev–Trinajstić information content (AvgIpc) is 3.27. The monoisotopic (exact) mass is 478 g/mol. The van der Waals surface area contributed by atoms with Crippen molar-refractivity contribution in [3.8, 4) is 12.0 Å². The van der Waals surface area contributed by atoms with Gasteiger partial charge in [-0.25, -0.2) is 9.97 Å². The first-order chi connectivity index (χ1) is 18.1. The molecule has 6 aromatic rings. The molecule has 6 heteroatoms. The standard InChI is InChI=1S/C31H22N6/c1-31(2)23-10-4-7-13-27(23)37(28-14-8-5-11-24(28)31)30-34-19-33-29(35-30)36-25-12-6-3-9-21(25)22-17-20(18-32)15-16-26(22)36/h3-17,19H,1-2H3. The second-order valence-corrected chi connectivity index (χ2v) is 9.78. The Hall–Kier alpha value is -5.02. The summed E-state index contributed by atoms with van der Waals surface area (Å²) in [7, 11) is 0. The number of nitrogens with zero attached hydrogens (tertiary/aromatic N) is 6. The Kier molecular flexibility index (Phi) is 4.45. The molecule has 0 spiro atoms. The molecule has 0 bridgehead atoms. The van der Waals surface area contributed by atoms with Crippen molar-refractivity contribution in [2.24, 2.45) is 0 Å². The molecule has 6 nitrogen and oxygen atoms in total. The highest BCUT2D eigenvalue weighted by Crippen LogP contribution is 2.50. The summed E-state index contributed by atoms with van der Waals surface area (Å²) >= 11 is 0. The van der Waals surface area contributed by atoms with Gasteiger partial charge in [0.15, 0.2) is 0 Å². The molecule has 0 N–H and O–H groups in total. The predicted octanol–water partition coefficient (Wildman–Crippen LogP) is 6.95. The van der Waals surface area contributed by atoms with Gasteiger partial charge in [-0.15, -0.1) is 0 Å². The van der Waals surface area contributed by atoms with E-state index in [2.05, 4.69) is 95.4 Å². The van der Waals surface area contributed by atoms with E-state index < -0.39 is 0 Å². The van der Waals surface area contributed by atoms with Crippen LogP contribution in [0.3, 0.4) is 0 Å². The lowest BCUT2D eigenvalue weighted by atomic mass is 9.74. The highest BCUT2D eigenvalue weighted by molar-refractivity contribution is 6.09. The van der Waals surface area contributed by atoms with Gasteiger partial charge in [-0.1, -0.05) is 68.4 Å². The third-order valence-electron chi connectivity index (χ3n) is 7.38. The van der Waals surface area contributed by atoms with E-state index in [1.165, 1.54) is 11.1 Å². The van der Waals surface area contributed by atoms with Crippen molar-refractivity contribution >= 4 is 39.1 Å². The summed E-state index contributed by atoms with van der Waals surface area (Å²) in [5.41, 5.74) is 6.94. The number of anilines is 3. The van der Waals surface area contributed by atoms with Crippen LogP contribution in [0, 0.1) is 11.3 Å². The van der Waals surface area contributed by atoms with Gasteiger partial charge >= 0.3 is 0 Å². The summed E-state index contributed by atoms with van der Waals surface area (Å²) in [5, 5.41) is 11.5. The summed E-state index contributed by atoms with van der Waals surface area (Å²) in [6, 6.07) is 33.0. The second kappa shape index (κ2) is 7.74. The van der Waals surface area contributed by atoms with Crippen molar-refractivity contribution in [1.82, 2.24) is 19.5 Å². The van der Waals surface area contributed by atoms with Crippen molar-refractivity contribution < 1.29 is 0 Å². The average molecular weight is 479 g/mol. The molecule has 176 valence electrons. The van der Waals surface area contributed by atoms with E-state index in [9.17, 15) is 5.26 Å². The van der Waals surface area contributed by atoms with E-state index in [1.54, 1.807) is 6.33 Å². The Morgan fingerprint density at radius 3 is 2.05 bits per heavy atom. The van der Waals surface area contributed by atoms with Gasteiger partial charge in [-0.2, -0.15) is 10.2 Å². The van der Waals surface area contributed by atoms with Crippen molar-refractivity contribution in [2.75, 3.05) is 4.90 Å². The van der Waals surface area contributed by atoms with Crippen molar-refractivity contribution in [1.29, 1.82) is 5.26 Å². The first kappa shape index (κ1) is 21.3. The van der Waals surface area contributed by atoms with Crippen LogP contribution in [0.5, 0.6) is 0 Å². The van der Waals surface area contributed by atoms with Crippen LogP contribution in [0.2, 0.25) is 0 Å². The van der Waals surface area contributed by atoms with Crippen LogP contribution in [-0.2, 0) is 5.41 Å². The van der Waals surface area contributed by atoms with E-state index >= 15 is 0 Å². The quantitative estimate of drug-likeness (QED) is 0.269. The maximum absolute atomic E-state index is 9.48. The van der Waals surface area contributed by atoms with E-state index in [1.807, 2.05) is 34.9 Å². The van der Waals surface area contributed by atoms with Crippen LogP contribution in [0.4, 0.5) is 17.3 Å². The third-order valence-corrected chi connectivity index (χ3v) is 7.38. The van der Waals surface area contributed by atoms with Gasteiger partial charge in [0.1, 0.15) is 6.33 Å². The smallest absolute Gasteiger partial charge is 0.239 e. The molecule has 1 aliphatic heterocycles. The first-order valence-electron chi connectivity index (χ1n) is 12.2. The van der Waals surface area contributed by atoms with Gasteiger partial charge < -0.3 is 0 Å². The lowest BCUT2D eigenvalue weighted by Gasteiger charge is -2.40. The van der Waals surface area contributed by atoms with E-state index in [0.29, 0.717) is 17.5 Å². The molecule has 0 aliphatic carbocycles. The van der Waals surface area contributed by atoms with Crippen LogP contribution < -0.4 is 4.90 Å². The molecule has 2 aromatic heterocycles. The number of hydrogen-bond acceptors (Lipinski definition) is 5. The number of rotatable bonds is 2. The molecule has 1 aliphatic rings. The minimum atomic E-state index is -0.162. The normalized spacial score (nSPS) is 13.8. The molecule has 37 heavy (non-hydrogen) atoms. The molecule has 7 rings (SSSR count). The fourth-order valence-corrected chi connectivity index (χ4v) is 5.64. The zero-order valence-corrected chi connectivity index (χ0v) is 20.4. The maximum atomic E-state index is 9.48. The zero-order chi connectivity index (χ0) is 25.1. The molecule has 0 amide bonds. The van der Waals surface area contributed by atoms with E-state index in [-0.39, 0.29) is 5.41 Å². The molecule has 3 heterocycles. The number of benzene rings is 4. The Bertz CT molecular complexity index is 1840. The lowest BCUT2D eigenvalue weighted by Crippen LogP contribution is -2.31. The molecule has 0 fully saturated rings. The molecular weight excluding hydrogens is 456 g/mol. The summed E-state index contributed by atoms with van der Waals surface area (Å²) in [5.74, 6) is 1.08. The first-order valence-corrected chi connectivity index (χ1v) is 12.2. The lowest BCUT2D eigenvalue weighted by molar-refractivity contribution is 0.630. The SMILES string of the molecule is CC1(C)c2ccccc2N(c2ncnc(-n3c4ccccc4c4cc(C#N)ccc43)n2)c2ccccc21. The summed E-state index contributed by atoms with van der Waals surface area (Å²) in [6.45, 7) is 4.52. The van der Waals surface area contributed by atoms with Gasteiger partial charge in [-0.3, -0.25) is 9.47 Å². The van der Waals surface area contributed by atoms with Crippen LogP contribution in [0.1, 0.15) is 30.5 Å². The largest absolute Gasteiger partial charge is 0.278 e. The van der Waals surface area contributed by atoms with Crippen LogP contribution in [0.25, 0.3) is 27.8 Å². The van der Waals surface area contributed by atoms with Crippen molar-refractivity contribution in [3.63, 3.8) is 0 Å². The zero-order valence-electron chi connectivity index (χ0n) is 20.4. The minimum absolute atomic E-state index is 0.162. The van der Waals surface area contributed by atoms with Crippen molar-refractivity contribution in [2.45, 2.75) is 19.3 Å². The van der Waals surface area contributed by atoms with Crippen LogP contribution >= 0.6 is 0 Å². The summed E-state index contributed by atoms with van der Waals surface area (Å²) in [4.78, 5) is 16.4. The Morgan fingerprint density at radius 1 is 0.703 bits per heavy atom. The predicted molar refractivity (Wildman–Crippen MR) is 146 cm³/mol. The Labute approximate surface area is 214 Å². The maximum Gasteiger partial charge on any atom is 0.239 e. The number of aromatic nitrogens is 4. The van der Waals surface area contributed by atoms with Gasteiger partial charge in [0.2, 0.25) is 11.9 Å². The molecular formula is C31H22N6. The van der Waals surface area contributed by atoms with Gasteiger partial charge in [0.25, 0.3) is 0 Å². The fraction of sp³-hybridized carbons (Fsp3) is 0.0968. The van der Waals surface area contributed by atoms with Crippen LogP contribution in [0.15, 0.2) is 97.3 Å². The Balaban J connectivity index is 1.49. The summed E-state index contributed by atoms with van der Waals surface area (Å²) < 4.78 is 2.04. The molecule has 0 unspecified atom stereocenters. The fourth-order valence-electron chi connectivity index (χ4n) is 5.64. The second-order valence-electron chi connectivity index (χ2n) is 9.78. The molecule has 4 aromatic carbocycles. The minimum Gasteiger partial charge on any atom is -0.278 e. The van der Waals surface area contributed by atoms with Gasteiger partial charge in [0, 0.05) is 16.2 Å². The van der Waals surface area contributed by atoms with E-state index in [4.69, 9.17) is 4.98 Å². The number of fused-ring (bicyclic) bond motifs is 5. The topological polar surface area (TPSA) is 70.6 Å². The van der Waals surface area contributed by atoms with E-state index in [0.717, 1.165) is 33.2 Å². The highest BCUT2D eigenvalue weighted by Gasteiger charge is 2.37. The van der Waals surface area contributed by atoms with Gasteiger partial charge in [0.05, 0.1) is 34.0 Å². The third kappa shape index (κ3) is 3.01. The number of nitriles is 1. The number of para-hydroxylation sites is 3. The highest BCUT2D eigenvalue weighted by atomic mass is 15.3. The van der Waals surface area contributed by atoms with Crippen LogP contribution in [-0.4, -0.2) is 19.5 Å². The molecule has 0 saturated carbocycles. The Morgan fingerprint density at radius 2 is 1.32 bits per heavy atom. The van der Waals surface area contributed by atoms with Crippen molar-refractivity contribution in [3.05, 3.63) is 114 Å². The summed E-state index contributed by atoms with van der Waals surface area (Å²) in [6.07, 6.45) is 1.58. The molecule has 0 atom stereocenters.